The van der Waals surface area contributed by atoms with Gasteiger partial charge in [0.25, 0.3) is 0 Å². The van der Waals surface area contributed by atoms with Crippen LogP contribution in [0.3, 0.4) is 0 Å². The van der Waals surface area contributed by atoms with Crippen molar-refractivity contribution in [3.8, 4) is 0 Å². The van der Waals surface area contributed by atoms with E-state index in [2.05, 4.69) is 10.0 Å². The summed E-state index contributed by atoms with van der Waals surface area (Å²) in [6.07, 6.45) is 3.04. The van der Waals surface area contributed by atoms with Crippen LogP contribution in [0.2, 0.25) is 0 Å². The van der Waals surface area contributed by atoms with Crippen LogP contribution in [-0.4, -0.2) is 15.0 Å². The van der Waals surface area contributed by atoms with Gasteiger partial charge in [-0.1, -0.05) is 25.1 Å². The van der Waals surface area contributed by atoms with Crippen LogP contribution in [0, 0.1) is 0 Å². The quantitative estimate of drug-likeness (QED) is 0.818. The fourth-order valence-electron chi connectivity index (χ4n) is 1.82. The molecule has 0 amide bonds. The summed E-state index contributed by atoms with van der Waals surface area (Å²) in [6.45, 7) is 3.51. The minimum Gasteiger partial charge on any atom is -0.472 e. The van der Waals surface area contributed by atoms with Crippen LogP contribution in [-0.2, 0) is 23.1 Å². The lowest BCUT2D eigenvalue weighted by molar-refractivity contribution is 0.561. The molecule has 1 aromatic carbocycles. The van der Waals surface area contributed by atoms with Crippen LogP contribution in [0.15, 0.2) is 52.2 Å². The molecule has 2 N–H and O–H groups in total. The monoisotopic (exact) mass is 294 g/mol. The van der Waals surface area contributed by atoms with E-state index >= 15 is 0 Å². The van der Waals surface area contributed by atoms with Gasteiger partial charge in [0.2, 0.25) is 10.0 Å². The van der Waals surface area contributed by atoms with Gasteiger partial charge in [-0.3, -0.25) is 0 Å². The van der Waals surface area contributed by atoms with Crippen LogP contribution < -0.4 is 10.0 Å². The molecule has 108 valence electrons. The molecule has 0 saturated carbocycles. The average Bonchev–Trinajstić information content (AvgIpc) is 2.97. The third-order valence-electron chi connectivity index (χ3n) is 2.87. The normalized spacial score (nSPS) is 11.7. The van der Waals surface area contributed by atoms with Crippen molar-refractivity contribution in [2.75, 3.05) is 6.54 Å². The highest BCUT2D eigenvalue weighted by atomic mass is 32.2. The smallest absolute Gasteiger partial charge is 0.241 e. The highest BCUT2D eigenvalue weighted by Gasteiger charge is 2.17. The van der Waals surface area contributed by atoms with E-state index in [-0.39, 0.29) is 6.54 Å². The maximum Gasteiger partial charge on any atom is 0.241 e. The molecule has 0 aliphatic carbocycles. The number of rotatable bonds is 7. The van der Waals surface area contributed by atoms with E-state index in [0.717, 1.165) is 17.7 Å². The molecule has 1 aromatic heterocycles. The zero-order valence-electron chi connectivity index (χ0n) is 11.3. The molecule has 0 aliphatic heterocycles. The lowest BCUT2D eigenvalue weighted by Gasteiger charge is -2.11. The van der Waals surface area contributed by atoms with E-state index < -0.39 is 10.0 Å². The van der Waals surface area contributed by atoms with Gasteiger partial charge >= 0.3 is 0 Å². The summed E-state index contributed by atoms with van der Waals surface area (Å²) in [4.78, 5) is 0.310. The van der Waals surface area contributed by atoms with Crippen LogP contribution in [0.1, 0.15) is 18.1 Å². The van der Waals surface area contributed by atoms with Crippen molar-refractivity contribution in [2.45, 2.75) is 24.9 Å². The first-order chi connectivity index (χ1) is 9.63. The lowest BCUT2D eigenvalue weighted by Crippen LogP contribution is -2.25. The molecule has 5 nitrogen and oxygen atoms in total. The third-order valence-corrected chi connectivity index (χ3v) is 4.38. The molecule has 0 bridgehead atoms. The number of sulfonamides is 1. The second-order valence-electron chi connectivity index (χ2n) is 4.34. The number of hydrogen-bond acceptors (Lipinski definition) is 4. The minimum absolute atomic E-state index is 0.217. The molecular weight excluding hydrogens is 276 g/mol. The standard InChI is InChI=1S/C14H18N2O3S/c1-2-15-10-13-5-3-4-6-14(13)20(17,18)16-9-12-7-8-19-11-12/h3-8,11,15-16H,2,9-10H2,1H3. The Morgan fingerprint density at radius 2 is 1.95 bits per heavy atom. The molecular formula is C14H18N2O3S. The fourth-order valence-corrected chi connectivity index (χ4v) is 3.08. The van der Waals surface area contributed by atoms with Crippen molar-refractivity contribution in [3.05, 3.63) is 54.0 Å². The predicted octanol–water partition coefficient (Wildman–Crippen LogP) is 1.87. The summed E-state index contributed by atoms with van der Waals surface area (Å²) in [5, 5.41) is 3.14. The Labute approximate surface area is 119 Å². The van der Waals surface area contributed by atoms with E-state index in [4.69, 9.17) is 4.42 Å². The Hall–Kier alpha value is -1.63. The Kier molecular flexibility index (Phi) is 4.94. The Balaban J connectivity index is 2.16. The van der Waals surface area contributed by atoms with E-state index in [1.165, 1.54) is 12.5 Å². The summed E-state index contributed by atoms with van der Waals surface area (Å²) < 4.78 is 32.2. The highest BCUT2D eigenvalue weighted by Crippen LogP contribution is 2.15. The van der Waals surface area contributed by atoms with Gasteiger partial charge in [-0.15, -0.1) is 0 Å². The van der Waals surface area contributed by atoms with Crippen LogP contribution in [0.5, 0.6) is 0 Å². The number of hydrogen-bond donors (Lipinski definition) is 2. The van der Waals surface area contributed by atoms with Crippen molar-refractivity contribution >= 4 is 10.0 Å². The summed E-state index contributed by atoms with van der Waals surface area (Å²) >= 11 is 0. The molecule has 0 aliphatic rings. The summed E-state index contributed by atoms with van der Waals surface area (Å²) in [6, 6.07) is 8.72. The van der Waals surface area contributed by atoms with Gasteiger partial charge in [0, 0.05) is 18.7 Å². The molecule has 20 heavy (non-hydrogen) atoms. The molecule has 6 heteroatoms. The number of benzene rings is 1. The average molecular weight is 294 g/mol. The van der Waals surface area contributed by atoms with Crippen molar-refractivity contribution in [3.63, 3.8) is 0 Å². The zero-order valence-corrected chi connectivity index (χ0v) is 12.1. The topological polar surface area (TPSA) is 71.3 Å². The van der Waals surface area contributed by atoms with Gasteiger partial charge < -0.3 is 9.73 Å². The second kappa shape index (κ2) is 6.69. The first-order valence-electron chi connectivity index (χ1n) is 6.43. The van der Waals surface area contributed by atoms with E-state index in [0.29, 0.717) is 11.4 Å². The maximum absolute atomic E-state index is 12.3. The zero-order chi connectivity index (χ0) is 14.4. The molecule has 2 aromatic rings. The van der Waals surface area contributed by atoms with E-state index in [9.17, 15) is 8.42 Å². The van der Waals surface area contributed by atoms with Crippen LogP contribution >= 0.6 is 0 Å². The third kappa shape index (κ3) is 3.69. The summed E-state index contributed by atoms with van der Waals surface area (Å²) in [7, 11) is -3.53. The van der Waals surface area contributed by atoms with Crippen molar-refractivity contribution < 1.29 is 12.8 Å². The molecule has 0 unspecified atom stereocenters. The molecule has 0 atom stereocenters. The van der Waals surface area contributed by atoms with Crippen LogP contribution in [0.25, 0.3) is 0 Å². The molecule has 0 spiro atoms. The summed E-state index contributed by atoms with van der Waals surface area (Å²) in [5.41, 5.74) is 1.55. The van der Waals surface area contributed by atoms with E-state index in [1.54, 1.807) is 18.2 Å². The largest absolute Gasteiger partial charge is 0.472 e. The molecule has 0 radical (unpaired) electrons. The molecule has 0 saturated heterocycles. The SMILES string of the molecule is CCNCc1ccccc1S(=O)(=O)NCc1ccoc1. The van der Waals surface area contributed by atoms with E-state index in [1.807, 2.05) is 19.1 Å². The van der Waals surface area contributed by atoms with Gasteiger partial charge in [-0.25, -0.2) is 13.1 Å². The second-order valence-corrected chi connectivity index (χ2v) is 6.08. The van der Waals surface area contributed by atoms with Gasteiger partial charge in [-0.05, 0) is 24.2 Å². The Morgan fingerprint density at radius 3 is 2.65 bits per heavy atom. The Bertz CT molecular complexity index is 636. The molecule has 2 rings (SSSR count). The van der Waals surface area contributed by atoms with Crippen molar-refractivity contribution in [1.29, 1.82) is 0 Å². The first-order valence-corrected chi connectivity index (χ1v) is 7.91. The van der Waals surface area contributed by atoms with Crippen LogP contribution in [0.4, 0.5) is 0 Å². The number of nitrogens with one attached hydrogen (secondary N) is 2. The highest BCUT2D eigenvalue weighted by molar-refractivity contribution is 7.89. The maximum atomic E-state index is 12.3. The summed E-state index contributed by atoms with van der Waals surface area (Å²) in [5.74, 6) is 0. The predicted molar refractivity (Wildman–Crippen MR) is 76.6 cm³/mol. The van der Waals surface area contributed by atoms with Gasteiger partial charge in [0.1, 0.15) is 0 Å². The minimum atomic E-state index is -3.53. The molecule has 1 heterocycles. The van der Waals surface area contributed by atoms with Crippen molar-refractivity contribution in [1.82, 2.24) is 10.0 Å². The first kappa shape index (κ1) is 14.8. The number of furan rings is 1. The van der Waals surface area contributed by atoms with Gasteiger partial charge in [-0.2, -0.15) is 0 Å². The molecule has 0 fully saturated rings. The Morgan fingerprint density at radius 1 is 1.15 bits per heavy atom. The lowest BCUT2D eigenvalue weighted by atomic mass is 10.2. The fraction of sp³-hybridized carbons (Fsp3) is 0.286. The van der Waals surface area contributed by atoms with Crippen molar-refractivity contribution in [2.24, 2.45) is 0 Å². The van der Waals surface area contributed by atoms with Gasteiger partial charge in [0.15, 0.2) is 0 Å². The van der Waals surface area contributed by atoms with Gasteiger partial charge in [0.05, 0.1) is 17.4 Å².